The predicted octanol–water partition coefficient (Wildman–Crippen LogP) is 2.85. The van der Waals surface area contributed by atoms with Crippen LogP contribution in [0.2, 0.25) is 0 Å². The molecule has 1 aromatic heterocycles. The van der Waals surface area contributed by atoms with Crippen LogP contribution in [-0.4, -0.2) is 5.16 Å². The molecule has 0 amide bonds. The van der Waals surface area contributed by atoms with E-state index in [1.807, 2.05) is 0 Å². The Labute approximate surface area is 100 Å². The van der Waals surface area contributed by atoms with Gasteiger partial charge in [0, 0.05) is 0 Å². The van der Waals surface area contributed by atoms with Gasteiger partial charge in [0.25, 0.3) is 0 Å². The van der Waals surface area contributed by atoms with Crippen LogP contribution >= 0.6 is 0 Å². The molecule has 0 spiro atoms. The molecule has 7 heteroatoms. The zero-order valence-electron chi connectivity index (χ0n) is 9.07. The van der Waals surface area contributed by atoms with E-state index in [-0.39, 0.29) is 12.5 Å². The van der Waals surface area contributed by atoms with Crippen molar-refractivity contribution in [3.05, 3.63) is 41.6 Å². The summed E-state index contributed by atoms with van der Waals surface area (Å²) in [6.07, 6.45) is -2.96. The van der Waals surface area contributed by atoms with E-state index in [1.165, 1.54) is 18.3 Å². The first-order chi connectivity index (χ1) is 8.47. The van der Waals surface area contributed by atoms with E-state index in [4.69, 9.17) is 10.5 Å². The Balaban J connectivity index is 2.01. The topological polar surface area (TPSA) is 61.3 Å². The minimum absolute atomic E-state index is 0.0840. The van der Waals surface area contributed by atoms with E-state index < -0.39 is 11.7 Å². The molecule has 4 nitrogen and oxygen atoms in total. The third-order valence-electron chi connectivity index (χ3n) is 2.25. The van der Waals surface area contributed by atoms with Gasteiger partial charge in [-0.3, -0.25) is 0 Å². The molecule has 0 fully saturated rings. The first kappa shape index (κ1) is 12.3. The standard InChI is InChI=1S/C11H9F3N2O2/c12-11(13,14)8-1-3-9(4-2-8)17-6-7-5-16-18-10(7)15/h1-5H,6,15H2. The summed E-state index contributed by atoms with van der Waals surface area (Å²) in [6, 6.07) is 4.39. The van der Waals surface area contributed by atoms with Gasteiger partial charge >= 0.3 is 6.18 Å². The highest BCUT2D eigenvalue weighted by Gasteiger charge is 2.29. The lowest BCUT2D eigenvalue weighted by molar-refractivity contribution is -0.137. The zero-order valence-corrected chi connectivity index (χ0v) is 9.07. The number of aromatic nitrogens is 1. The first-order valence-electron chi connectivity index (χ1n) is 4.96. The maximum Gasteiger partial charge on any atom is 0.416 e. The molecule has 1 aromatic carbocycles. The van der Waals surface area contributed by atoms with E-state index in [0.29, 0.717) is 11.3 Å². The average molecular weight is 258 g/mol. The van der Waals surface area contributed by atoms with Crippen molar-refractivity contribution >= 4 is 5.88 Å². The van der Waals surface area contributed by atoms with Crippen LogP contribution in [0.25, 0.3) is 0 Å². The molecule has 0 aliphatic carbocycles. The fourth-order valence-corrected chi connectivity index (χ4v) is 1.28. The number of alkyl halides is 3. The van der Waals surface area contributed by atoms with Gasteiger partial charge in [-0.2, -0.15) is 13.2 Å². The second-order valence-corrected chi connectivity index (χ2v) is 3.53. The SMILES string of the molecule is Nc1oncc1COc1ccc(C(F)(F)F)cc1. The summed E-state index contributed by atoms with van der Waals surface area (Å²) in [4.78, 5) is 0. The highest BCUT2D eigenvalue weighted by Crippen LogP contribution is 2.30. The van der Waals surface area contributed by atoms with Gasteiger partial charge in [-0.05, 0) is 24.3 Å². The molecule has 0 unspecified atom stereocenters. The largest absolute Gasteiger partial charge is 0.489 e. The summed E-state index contributed by atoms with van der Waals surface area (Å²) < 4.78 is 46.8. The molecule has 2 rings (SSSR count). The number of nitrogen functional groups attached to an aromatic ring is 1. The highest BCUT2D eigenvalue weighted by molar-refractivity contribution is 5.34. The Morgan fingerprint density at radius 3 is 2.39 bits per heavy atom. The van der Waals surface area contributed by atoms with Gasteiger partial charge < -0.3 is 15.0 Å². The number of anilines is 1. The fourth-order valence-electron chi connectivity index (χ4n) is 1.28. The molecule has 0 radical (unpaired) electrons. The van der Waals surface area contributed by atoms with E-state index in [0.717, 1.165) is 12.1 Å². The lowest BCUT2D eigenvalue weighted by Gasteiger charge is -2.08. The van der Waals surface area contributed by atoms with Crippen molar-refractivity contribution in [3.8, 4) is 5.75 Å². The third kappa shape index (κ3) is 2.73. The Hall–Kier alpha value is -2.18. The molecule has 96 valence electrons. The van der Waals surface area contributed by atoms with Gasteiger partial charge in [0.05, 0.1) is 17.3 Å². The Morgan fingerprint density at radius 2 is 1.89 bits per heavy atom. The molecule has 18 heavy (non-hydrogen) atoms. The fraction of sp³-hybridized carbons (Fsp3) is 0.182. The van der Waals surface area contributed by atoms with Crippen molar-refractivity contribution in [3.63, 3.8) is 0 Å². The van der Waals surface area contributed by atoms with Gasteiger partial charge in [-0.1, -0.05) is 5.16 Å². The van der Waals surface area contributed by atoms with Crippen molar-refractivity contribution < 1.29 is 22.4 Å². The van der Waals surface area contributed by atoms with Crippen LogP contribution in [0.3, 0.4) is 0 Å². The van der Waals surface area contributed by atoms with Crippen molar-refractivity contribution in [1.29, 1.82) is 0 Å². The van der Waals surface area contributed by atoms with Crippen molar-refractivity contribution in [2.75, 3.05) is 5.73 Å². The second kappa shape index (κ2) is 4.59. The summed E-state index contributed by atoms with van der Waals surface area (Å²) in [7, 11) is 0. The summed E-state index contributed by atoms with van der Waals surface area (Å²) in [6.45, 7) is 0.0840. The lowest BCUT2D eigenvalue weighted by Crippen LogP contribution is -2.04. The number of hydrogen-bond acceptors (Lipinski definition) is 4. The molecule has 0 saturated carbocycles. The molecule has 1 heterocycles. The molecule has 0 atom stereocenters. The van der Waals surface area contributed by atoms with Gasteiger partial charge in [0.1, 0.15) is 12.4 Å². The van der Waals surface area contributed by atoms with Crippen LogP contribution < -0.4 is 10.5 Å². The number of hydrogen-bond donors (Lipinski definition) is 1. The molecule has 2 aromatic rings. The summed E-state index contributed by atoms with van der Waals surface area (Å²) >= 11 is 0. The van der Waals surface area contributed by atoms with Gasteiger partial charge in [0.2, 0.25) is 5.88 Å². The first-order valence-corrected chi connectivity index (χ1v) is 4.96. The van der Waals surface area contributed by atoms with Crippen molar-refractivity contribution in [2.45, 2.75) is 12.8 Å². The molecular weight excluding hydrogens is 249 g/mol. The average Bonchev–Trinajstić information content (AvgIpc) is 2.72. The van der Waals surface area contributed by atoms with Gasteiger partial charge in [-0.15, -0.1) is 0 Å². The lowest BCUT2D eigenvalue weighted by atomic mass is 10.2. The smallest absolute Gasteiger partial charge is 0.416 e. The molecule has 0 saturated heterocycles. The summed E-state index contributed by atoms with van der Waals surface area (Å²) in [5, 5.41) is 3.45. The molecule has 2 N–H and O–H groups in total. The van der Waals surface area contributed by atoms with E-state index in [9.17, 15) is 13.2 Å². The predicted molar refractivity (Wildman–Crippen MR) is 56.7 cm³/mol. The van der Waals surface area contributed by atoms with Crippen LogP contribution in [0.15, 0.2) is 35.0 Å². The molecule has 0 aliphatic rings. The van der Waals surface area contributed by atoms with Crippen molar-refractivity contribution in [1.82, 2.24) is 5.16 Å². The third-order valence-corrected chi connectivity index (χ3v) is 2.25. The Bertz CT molecular complexity index is 520. The maximum absolute atomic E-state index is 12.3. The minimum atomic E-state index is -4.35. The number of nitrogens with two attached hydrogens (primary N) is 1. The Morgan fingerprint density at radius 1 is 1.22 bits per heavy atom. The molecule has 0 aliphatic heterocycles. The number of nitrogens with zero attached hydrogens (tertiary/aromatic N) is 1. The number of benzene rings is 1. The normalized spacial score (nSPS) is 11.5. The molecule has 0 bridgehead atoms. The number of halogens is 3. The molecular formula is C11H9F3N2O2. The van der Waals surface area contributed by atoms with E-state index >= 15 is 0 Å². The highest BCUT2D eigenvalue weighted by atomic mass is 19.4. The quantitative estimate of drug-likeness (QED) is 0.919. The number of ether oxygens (including phenoxy) is 1. The number of rotatable bonds is 3. The van der Waals surface area contributed by atoms with Crippen LogP contribution in [0, 0.1) is 0 Å². The zero-order chi connectivity index (χ0) is 13.2. The second-order valence-electron chi connectivity index (χ2n) is 3.53. The van der Waals surface area contributed by atoms with Crippen LogP contribution in [0.4, 0.5) is 19.1 Å². The van der Waals surface area contributed by atoms with E-state index in [1.54, 1.807) is 0 Å². The van der Waals surface area contributed by atoms with Crippen molar-refractivity contribution in [2.24, 2.45) is 0 Å². The Kier molecular flexibility index (Phi) is 3.14. The van der Waals surface area contributed by atoms with Crippen LogP contribution in [0.5, 0.6) is 5.75 Å². The van der Waals surface area contributed by atoms with Gasteiger partial charge in [0.15, 0.2) is 0 Å². The van der Waals surface area contributed by atoms with Gasteiger partial charge in [-0.25, -0.2) is 0 Å². The minimum Gasteiger partial charge on any atom is -0.489 e. The summed E-state index contributed by atoms with van der Waals surface area (Å²) in [5.74, 6) is 0.436. The summed E-state index contributed by atoms with van der Waals surface area (Å²) in [5.41, 5.74) is 5.24. The van der Waals surface area contributed by atoms with Crippen LogP contribution in [-0.2, 0) is 12.8 Å². The van der Waals surface area contributed by atoms with E-state index in [2.05, 4.69) is 9.68 Å². The monoisotopic (exact) mass is 258 g/mol. The van der Waals surface area contributed by atoms with Crippen LogP contribution in [0.1, 0.15) is 11.1 Å². The maximum atomic E-state index is 12.3.